The zero-order valence-electron chi connectivity index (χ0n) is 12.4. The topological polar surface area (TPSA) is 68.3 Å². The average molecular weight is 306 g/mol. The molecule has 1 aromatic carbocycles. The molecule has 0 unspecified atom stereocenters. The standard InChI is InChI=1S/C14H18N4O2S/c1-15-12-8-13(18-14(17-12)21-4)16-10-6-5-9(19-2)7-11(10)20-3/h5-8H,1-4H3,(H2,15,16,17,18). The molecule has 0 fully saturated rings. The molecule has 21 heavy (non-hydrogen) atoms. The number of rotatable bonds is 6. The molecule has 2 rings (SSSR count). The van der Waals surface area contributed by atoms with Crippen molar-refractivity contribution >= 4 is 29.1 Å². The van der Waals surface area contributed by atoms with Gasteiger partial charge in [-0.15, -0.1) is 0 Å². The lowest BCUT2D eigenvalue weighted by Gasteiger charge is -2.13. The quantitative estimate of drug-likeness (QED) is 0.628. The third-order valence-corrected chi connectivity index (χ3v) is 3.36. The van der Waals surface area contributed by atoms with Gasteiger partial charge in [0.05, 0.1) is 19.9 Å². The summed E-state index contributed by atoms with van der Waals surface area (Å²) in [5, 5.41) is 6.95. The number of nitrogens with one attached hydrogen (secondary N) is 2. The second-order valence-electron chi connectivity index (χ2n) is 4.07. The summed E-state index contributed by atoms with van der Waals surface area (Å²) in [4.78, 5) is 8.76. The molecule has 1 heterocycles. The van der Waals surface area contributed by atoms with Gasteiger partial charge >= 0.3 is 0 Å². The second-order valence-corrected chi connectivity index (χ2v) is 4.84. The Labute approximate surface area is 128 Å². The van der Waals surface area contributed by atoms with Gasteiger partial charge in [-0.1, -0.05) is 11.8 Å². The first-order valence-electron chi connectivity index (χ1n) is 6.30. The third-order valence-electron chi connectivity index (χ3n) is 2.82. The van der Waals surface area contributed by atoms with Gasteiger partial charge in [0.25, 0.3) is 0 Å². The maximum absolute atomic E-state index is 5.37. The summed E-state index contributed by atoms with van der Waals surface area (Å²) in [5.74, 6) is 2.87. The van der Waals surface area contributed by atoms with Gasteiger partial charge in [0.1, 0.15) is 23.1 Å². The summed E-state index contributed by atoms with van der Waals surface area (Å²) in [6.07, 6.45) is 1.94. The van der Waals surface area contributed by atoms with Crippen LogP contribution in [0, 0.1) is 0 Å². The van der Waals surface area contributed by atoms with Crippen molar-refractivity contribution in [1.29, 1.82) is 0 Å². The van der Waals surface area contributed by atoms with Crippen LogP contribution in [-0.4, -0.2) is 37.5 Å². The first-order chi connectivity index (χ1) is 10.2. The van der Waals surface area contributed by atoms with E-state index in [-0.39, 0.29) is 0 Å². The molecule has 0 saturated carbocycles. The van der Waals surface area contributed by atoms with Crippen LogP contribution in [0.15, 0.2) is 29.4 Å². The van der Waals surface area contributed by atoms with Crippen LogP contribution >= 0.6 is 11.8 Å². The third kappa shape index (κ3) is 3.69. The molecular formula is C14H18N4O2S. The van der Waals surface area contributed by atoms with E-state index in [1.54, 1.807) is 14.2 Å². The van der Waals surface area contributed by atoms with Gasteiger partial charge in [-0.05, 0) is 18.4 Å². The Bertz CT molecular complexity index is 600. The Kier molecular flexibility index (Phi) is 5.10. The Balaban J connectivity index is 2.33. The number of nitrogens with zero attached hydrogens (tertiary/aromatic N) is 2. The maximum atomic E-state index is 5.37. The molecule has 0 bridgehead atoms. The number of hydrogen-bond acceptors (Lipinski definition) is 7. The highest BCUT2D eigenvalue weighted by Crippen LogP contribution is 2.31. The Morgan fingerprint density at radius 3 is 2.43 bits per heavy atom. The summed E-state index contributed by atoms with van der Waals surface area (Å²) < 4.78 is 10.6. The Morgan fingerprint density at radius 1 is 1.05 bits per heavy atom. The van der Waals surface area contributed by atoms with E-state index in [0.29, 0.717) is 16.7 Å². The predicted molar refractivity (Wildman–Crippen MR) is 86.2 cm³/mol. The number of anilines is 3. The number of ether oxygens (including phenoxy) is 2. The van der Waals surface area contributed by atoms with Gasteiger partial charge in [-0.2, -0.15) is 0 Å². The molecule has 0 spiro atoms. The fraction of sp³-hybridized carbons (Fsp3) is 0.286. The fourth-order valence-electron chi connectivity index (χ4n) is 1.75. The minimum atomic E-state index is 0.685. The van der Waals surface area contributed by atoms with E-state index in [1.807, 2.05) is 37.6 Å². The van der Waals surface area contributed by atoms with Crippen molar-refractivity contribution in [3.8, 4) is 11.5 Å². The Hall–Kier alpha value is -2.15. The van der Waals surface area contributed by atoms with Gasteiger partial charge in [-0.3, -0.25) is 0 Å². The van der Waals surface area contributed by atoms with E-state index in [0.717, 1.165) is 17.3 Å². The van der Waals surface area contributed by atoms with E-state index in [9.17, 15) is 0 Å². The van der Waals surface area contributed by atoms with Gasteiger partial charge in [-0.25, -0.2) is 9.97 Å². The van der Waals surface area contributed by atoms with Crippen LogP contribution in [0.4, 0.5) is 17.3 Å². The van der Waals surface area contributed by atoms with Gasteiger partial charge < -0.3 is 20.1 Å². The molecule has 0 atom stereocenters. The highest BCUT2D eigenvalue weighted by atomic mass is 32.2. The molecule has 2 aromatic rings. The summed E-state index contributed by atoms with van der Waals surface area (Å²) in [7, 11) is 5.06. The van der Waals surface area contributed by atoms with Gasteiger partial charge in [0.15, 0.2) is 5.16 Å². The molecule has 6 nitrogen and oxygen atoms in total. The van der Waals surface area contributed by atoms with Crippen LogP contribution in [0.3, 0.4) is 0 Å². The highest BCUT2D eigenvalue weighted by Gasteiger charge is 2.08. The largest absolute Gasteiger partial charge is 0.497 e. The predicted octanol–water partition coefficient (Wildman–Crippen LogP) is 3.00. The van der Waals surface area contributed by atoms with E-state index in [4.69, 9.17) is 9.47 Å². The first kappa shape index (κ1) is 15.2. The number of hydrogen-bond donors (Lipinski definition) is 2. The maximum Gasteiger partial charge on any atom is 0.191 e. The van der Waals surface area contributed by atoms with Crippen molar-refractivity contribution in [2.24, 2.45) is 0 Å². The normalized spacial score (nSPS) is 10.1. The first-order valence-corrected chi connectivity index (χ1v) is 7.52. The van der Waals surface area contributed by atoms with Gasteiger partial charge in [0.2, 0.25) is 0 Å². The van der Waals surface area contributed by atoms with Crippen LogP contribution < -0.4 is 20.1 Å². The van der Waals surface area contributed by atoms with Crippen LogP contribution in [0.25, 0.3) is 0 Å². The monoisotopic (exact) mass is 306 g/mol. The lowest BCUT2D eigenvalue weighted by molar-refractivity contribution is 0.395. The molecule has 0 aliphatic heterocycles. The molecule has 0 radical (unpaired) electrons. The molecule has 0 saturated heterocycles. The molecule has 0 amide bonds. The Morgan fingerprint density at radius 2 is 1.81 bits per heavy atom. The molecule has 2 N–H and O–H groups in total. The van der Waals surface area contributed by atoms with Crippen LogP contribution in [-0.2, 0) is 0 Å². The number of benzene rings is 1. The molecular weight excluding hydrogens is 288 g/mol. The number of methoxy groups -OCH3 is 2. The van der Waals surface area contributed by atoms with Crippen LogP contribution in [0.5, 0.6) is 11.5 Å². The lowest BCUT2D eigenvalue weighted by Crippen LogP contribution is -2.01. The SMILES string of the molecule is CNc1cc(Nc2ccc(OC)cc2OC)nc(SC)n1. The number of aromatic nitrogens is 2. The van der Waals surface area contributed by atoms with E-state index < -0.39 is 0 Å². The molecule has 112 valence electrons. The smallest absolute Gasteiger partial charge is 0.191 e. The zero-order valence-corrected chi connectivity index (χ0v) is 13.2. The van der Waals surface area contributed by atoms with Crippen LogP contribution in [0.2, 0.25) is 0 Å². The van der Waals surface area contributed by atoms with Crippen molar-refractivity contribution < 1.29 is 9.47 Å². The van der Waals surface area contributed by atoms with Crippen molar-refractivity contribution in [2.75, 3.05) is 38.2 Å². The lowest BCUT2D eigenvalue weighted by atomic mass is 10.2. The summed E-state index contributed by atoms with van der Waals surface area (Å²) in [6.45, 7) is 0. The fourth-order valence-corrected chi connectivity index (χ4v) is 2.13. The second kappa shape index (κ2) is 7.03. The van der Waals surface area contributed by atoms with E-state index in [1.165, 1.54) is 11.8 Å². The zero-order chi connectivity index (χ0) is 15.2. The van der Waals surface area contributed by atoms with Crippen molar-refractivity contribution in [3.05, 3.63) is 24.3 Å². The highest BCUT2D eigenvalue weighted by molar-refractivity contribution is 7.98. The molecule has 1 aromatic heterocycles. The van der Waals surface area contributed by atoms with E-state index >= 15 is 0 Å². The minimum Gasteiger partial charge on any atom is -0.497 e. The van der Waals surface area contributed by atoms with Crippen molar-refractivity contribution in [3.63, 3.8) is 0 Å². The molecule has 0 aliphatic carbocycles. The summed E-state index contributed by atoms with van der Waals surface area (Å²) >= 11 is 1.49. The number of thioether (sulfide) groups is 1. The van der Waals surface area contributed by atoms with Crippen LogP contribution in [0.1, 0.15) is 0 Å². The van der Waals surface area contributed by atoms with Crippen molar-refractivity contribution in [2.45, 2.75) is 5.16 Å². The van der Waals surface area contributed by atoms with Crippen molar-refractivity contribution in [1.82, 2.24) is 9.97 Å². The summed E-state index contributed by atoms with van der Waals surface area (Å²) in [6, 6.07) is 7.40. The minimum absolute atomic E-state index is 0.685. The average Bonchev–Trinajstić information content (AvgIpc) is 2.54. The molecule has 7 heteroatoms. The molecule has 0 aliphatic rings. The summed E-state index contributed by atoms with van der Waals surface area (Å²) in [5.41, 5.74) is 0.811. The van der Waals surface area contributed by atoms with E-state index in [2.05, 4.69) is 20.6 Å². The van der Waals surface area contributed by atoms with Gasteiger partial charge in [0, 0.05) is 19.2 Å².